The average molecular weight is 226 g/mol. The van der Waals surface area contributed by atoms with Gasteiger partial charge in [0.05, 0.1) is 6.54 Å². The van der Waals surface area contributed by atoms with Crippen molar-refractivity contribution < 1.29 is 14.4 Å². The minimum absolute atomic E-state index is 0.0116. The Morgan fingerprint density at radius 3 is 2.19 bits per heavy atom. The lowest BCUT2D eigenvalue weighted by atomic mass is 9.92. The molecule has 5 nitrogen and oxygen atoms in total. The van der Waals surface area contributed by atoms with Crippen molar-refractivity contribution in [2.45, 2.75) is 26.7 Å². The van der Waals surface area contributed by atoms with Crippen LogP contribution in [0, 0.1) is 5.92 Å². The molecular formula is C11H18N2O3. The molecule has 1 aliphatic rings. The summed E-state index contributed by atoms with van der Waals surface area (Å²) in [5, 5.41) is 2.51. The molecule has 2 amide bonds. The number of nitrogens with zero attached hydrogens (tertiary/aromatic N) is 1. The number of nitrogens with one attached hydrogen (secondary N) is 1. The molecule has 0 saturated carbocycles. The van der Waals surface area contributed by atoms with Crippen molar-refractivity contribution in [2.75, 3.05) is 19.6 Å². The predicted octanol–water partition coefficient (Wildman–Crippen LogP) is -0.0499. The second-order valence-electron chi connectivity index (χ2n) is 4.16. The maximum Gasteiger partial charge on any atom is 0.219 e. The zero-order chi connectivity index (χ0) is 12.1. The van der Waals surface area contributed by atoms with Crippen molar-refractivity contribution in [3.63, 3.8) is 0 Å². The van der Waals surface area contributed by atoms with E-state index in [1.165, 1.54) is 6.92 Å². The molecule has 0 unspecified atom stereocenters. The Bertz CT molecular complexity index is 294. The summed E-state index contributed by atoms with van der Waals surface area (Å²) in [6.45, 7) is 4.34. The van der Waals surface area contributed by atoms with Gasteiger partial charge in [-0.15, -0.1) is 0 Å². The molecule has 0 atom stereocenters. The molecule has 16 heavy (non-hydrogen) atoms. The molecule has 1 fully saturated rings. The second-order valence-corrected chi connectivity index (χ2v) is 4.16. The number of amides is 2. The third-order valence-electron chi connectivity index (χ3n) is 2.91. The van der Waals surface area contributed by atoms with Gasteiger partial charge in [0.25, 0.3) is 0 Å². The van der Waals surface area contributed by atoms with Crippen LogP contribution in [-0.4, -0.2) is 42.1 Å². The molecule has 90 valence electrons. The lowest BCUT2D eigenvalue weighted by molar-refractivity contribution is -0.133. The summed E-state index contributed by atoms with van der Waals surface area (Å²) in [4.78, 5) is 35.1. The van der Waals surface area contributed by atoms with Crippen LogP contribution < -0.4 is 5.32 Å². The molecule has 1 saturated heterocycles. The SMILES string of the molecule is CC(=O)NCC(=O)C1CCN(C(C)=O)CC1. The molecule has 5 heteroatoms. The maximum atomic E-state index is 11.7. The van der Waals surface area contributed by atoms with Gasteiger partial charge >= 0.3 is 0 Å². The summed E-state index contributed by atoms with van der Waals surface area (Å²) < 4.78 is 0. The van der Waals surface area contributed by atoms with Gasteiger partial charge in [0.1, 0.15) is 0 Å². The van der Waals surface area contributed by atoms with Crippen LogP contribution in [0.4, 0.5) is 0 Å². The molecule has 1 rings (SSSR count). The van der Waals surface area contributed by atoms with Crippen molar-refractivity contribution >= 4 is 17.6 Å². The summed E-state index contributed by atoms with van der Waals surface area (Å²) >= 11 is 0. The fourth-order valence-corrected chi connectivity index (χ4v) is 1.87. The van der Waals surface area contributed by atoms with Crippen molar-refractivity contribution in [2.24, 2.45) is 5.92 Å². The Morgan fingerprint density at radius 2 is 1.75 bits per heavy atom. The molecule has 0 aromatic heterocycles. The van der Waals surface area contributed by atoms with Crippen LogP contribution in [0.5, 0.6) is 0 Å². The highest BCUT2D eigenvalue weighted by molar-refractivity contribution is 5.87. The van der Waals surface area contributed by atoms with Gasteiger partial charge in [0.15, 0.2) is 5.78 Å². The first-order valence-electron chi connectivity index (χ1n) is 5.53. The highest BCUT2D eigenvalue weighted by atomic mass is 16.2. The van der Waals surface area contributed by atoms with Gasteiger partial charge in [-0.1, -0.05) is 0 Å². The minimum Gasteiger partial charge on any atom is -0.349 e. The normalized spacial score (nSPS) is 17.0. The molecule has 0 bridgehead atoms. The number of carbonyl (C=O) groups excluding carboxylic acids is 3. The van der Waals surface area contributed by atoms with Gasteiger partial charge in [-0.2, -0.15) is 0 Å². The summed E-state index contributed by atoms with van der Waals surface area (Å²) in [5.41, 5.74) is 0. The lowest BCUT2D eigenvalue weighted by Crippen LogP contribution is -2.41. The summed E-state index contributed by atoms with van der Waals surface area (Å²) in [7, 11) is 0. The molecular weight excluding hydrogens is 208 g/mol. The molecule has 1 heterocycles. The van der Waals surface area contributed by atoms with Crippen LogP contribution in [0.3, 0.4) is 0 Å². The van der Waals surface area contributed by atoms with Crippen LogP contribution >= 0.6 is 0 Å². The lowest BCUT2D eigenvalue weighted by Gasteiger charge is -2.30. The van der Waals surface area contributed by atoms with Crippen LogP contribution in [0.15, 0.2) is 0 Å². The second kappa shape index (κ2) is 5.63. The van der Waals surface area contributed by atoms with Gasteiger partial charge < -0.3 is 10.2 Å². The summed E-state index contributed by atoms with van der Waals surface area (Å²) in [6, 6.07) is 0. The third kappa shape index (κ3) is 3.64. The number of ketones is 1. The van der Waals surface area contributed by atoms with E-state index in [1.54, 1.807) is 11.8 Å². The van der Waals surface area contributed by atoms with Gasteiger partial charge in [-0.3, -0.25) is 14.4 Å². The maximum absolute atomic E-state index is 11.7. The van der Waals surface area contributed by atoms with E-state index in [9.17, 15) is 14.4 Å². The Labute approximate surface area is 95.2 Å². The van der Waals surface area contributed by atoms with E-state index in [0.717, 1.165) is 0 Å². The number of likely N-dealkylation sites (tertiary alicyclic amines) is 1. The Balaban J connectivity index is 2.33. The molecule has 1 N–H and O–H groups in total. The monoisotopic (exact) mass is 226 g/mol. The zero-order valence-electron chi connectivity index (χ0n) is 9.78. The number of rotatable bonds is 3. The van der Waals surface area contributed by atoms with E-state index in [4.69, 9.17) is 0 Å². The van der Waals surface area contributed by atoms with Gasteiger partial charge in [0.2, 0.25) is 11.8 Å². The standard InChI is InChI=1S/C11H18N2O3/c1-8(14)12-7-11(16)10-3-5-13(6-4-10)9(2)15/h10H,3-7H2,1-2H3,(H,12,14). The number of Topliss-reactive ketones (excluding diaryl/α,β-unsaturated/α-hetero) is 1. The average Bonchev–Trinajstić information content (AvgIpc) is 2.26. The molecule has 0 aromatic carbocycles. The van der Waals surface area contributed by atoms with E-state index in [2.05, 4.69) is 5.32 Å². The van der Waals surface area contributed by atoms with E-state index in [-0.39, 0.29) is 30.1 Å². The Hall–Kier alpha value is -1.39. The third-order valence-corrected chi connectivity index (χ3v) is 2.91. The van der Waals surface area contributed by atoms with Crippen LogP contribution in [0.2, 0.25) is 0 Å². The Kier molecular flexibility index (Phi) is 4.46. The van der Waals surface area contributed by atoms with Crippen molar-refractivity contribution in [3.05, 3.63) is 0 Å². The van der Waals surface area contributed by atoms with Gasteiger partial charge in [0, 0.05) is 32.9 Å². The van der Waals surface area contributed by atoms with Gasteiger partial charge in [-0.25, -0.2) is 0 Å². The Morgan fingerprint density at radius 1 is 1.19 bits per heavy atom. The van der Waals surface area contributed by atoms with Crippen molar-refractivity contribution in [1.82, 2.24) is 10.2 Å². The van der Waals surface area contributed by atoms with Crippen LogP contribution in [-0.2, 0) is 14.4 Å². The van der Waals surface area contributed by atoms with Crippen LogP contribution in [0.25, 0.3) is 0 Å². The van der Waals surface area contributed by atoms with E-state index < -0.39 is 0 Å². The molecule has 0 aromatic rings. The quantitative estimate of drug-likeness (QED) is 0.733. The molecule has 0 spiro atoms. The summed E-state index contributed by atoms with van der Waals surface area (Å²) in [6.07, 6.45) is 1.41. The van der Waals surface area contributed by atoms with Crippen molar-refractivity contribution in [1.29, 1.82) is 0 Å². The highest BCUT2D eigenvalue weighted by Crippen LogP contribution is 2.17. The van der Waals surface area contributed by atoms with E-state index in [0.29, 0.717) is 25.9 Å². The van der Waals surface area contributed by atoms with Gasteiger partial charge in [-0.05, 0) is 12.8 Å². The number of hydrogen-bond acceptors (Lipinski definition) is 3. The molecule has 1 aliphatic heterocycles. The van der Waals surface area contributed by atoms with Crippen LogP contribution in [0.1, 0.15) is 26.7 Å². The largest absolute Gasteiger partial charge is 0.349 e. The topological polar surface area (TPSA) is 66.5 Å². The molecule has 0 aliphatic carbocycles. The summed E-state index contributed by atoms with van der Waals surface area (Å²) in [5.74, 6) is -0.0665. The number of carbonyl (C=O) groups is 3. The zero-order valence-corrected chi connectivity index (χ0v) is 9.78. The van der Waals surface area contributed by atoms with E-state index >= 15 is 0 Å². The first kappa shape index (κ1) is 12.7. The molecule has 0 radical (unpaired) electrons. The number of piperidine rings is 1. The smallest absolute Gasteiger partial charge is 0.219 e. The number of hydrogen-bond donors (Lipinski definition) is 1. The minimum atomic E-state index is -0.186. The fraction of sp³-hybridized carbons (Fsp3) is 0.727. The van der Waals surface area contributed by atoms with Crippen molar-refractivity contribution in [3.8, 4) is 0 Å². The predicted molar refractivity (Wildman–Crippen MR) is 58.7 cm³/mol. The van der Waals surface area contributed by atoms with E-state index in [1.807, 2.05) is 0 Å². The fourth-order valence-electron chi connectivity index (χ4n) is 1.87. The highest BCUT2D eigenvalue weighted by Gasteiger charge is 2.25. The first-order chi connectivity index (χ1) is 7.50. The first-order valence-corrected chi connectivity index (χ1v) is 5.53.